The van der Waals surface area contributed by atoms with Crippen LogP contribution >= 0.6 is 0 Å². The van der Waals surface area contributed by atoms with Gasteiger partial charge in [-0.1, -0.05) is 13.8 Å². The van der Waals surface area contributed by atoms with Gasteiger partial charge in [0.05, 0.1) is 24.5 Å². The lowest BCUT2D eigenvalue weighted by atomic mass is 10.0. The van der Waals surface area contributed by atoms with E-state index in [0.717, 1.165) is 23.1 Å². The molecule has 0 spiro atoms. The zero-order valence-corrected chi connectivity index (χ0v) is 14.8. The highest BCUT2D eigenvalue weighted by Crippen LogP contribution is 2.24. The Hall–Kier alpha value is -2.82. The van der Waals surface area contributed by atoms with Crippen LogP contribution in [0.2, 0.25) is 0 Å². The summed E-state index contributed by atoms with van der Waals surface area (Å²) in [5.41, 5.74) is 1.53. The van der Waals surface area contributed by atoms with Crippen molar-refractivity contribution < 1.29 is 9.53 Å². The number of hydrogen-bond acceptors (Lipinski definition) is 3. The van der Waals surface area contributed by atoms with Crippen LogP contribution in [-0.2, 0) is 4.79 Å². The minimum atomic E-state index is -0.235. The van der Waals surface area contributed by atoms with Gasteiger partial charge in [-0.2, -0.15) is 0 Å². The number of rotatable bonds is 6. The molecule has 0 fully saturated rings. The fourth-order valence-electron chi connectivity index (χ4n) is 2.89. The topological polar surface area (TPSA) is 56.1 Å². The molecule has 2 aromatic heterocycles. The van der Waals surface area contributed by atoms with E-state index in [9.17, 15) is 4.79 Å². The first-order valence-electron chi connectivity index (χ1n) is 8.44. The molecule has 0 aliphatic rings. The zero-order valence-electron chi connectivity index (χ0n) is 14.8. The number of nitrogens with zero attached hydrogens (tertiary/aromatic N) is 2. The van der Waals surface area contributed by atoms with Gasteiger partial charge in [-0.3, -0.25) is 9.78 Å². The molecule has 1 amide bonds. The van der Waals surface area contributed by atoms with E-state index < -0.39 is 0 Å². The van der Waals surface area contributed by atoms with Crippen LogP contribution in [0.3, 0.4) is 0 Å². The molecule has 0 radical (unpaired) electrons. The molecule has 1 N–H and O–H groups in total. The number of aromatic nitrogens is 2. The zero-order chi connectivity index (χ0) is 17.8. The van der Waals surface area contributed by atoms with Gasteiger partial charge >= 0.3 is 0 Å². The van der Waals surface area contributed by atoms with E-state index in [1.165, 1.54) is 0 Å². The maximum Gasteiger partial charge on any atom is 0.247 e. The second kappa shape index (κ2) is 7.38. The predicted octanol–water partition coefficient (Wildman–Crippen LogP) is 4.27. The van der Waals surface area contributed by atoms with Crippen molar-refractivity contribution in [3.63, 3.8) is 0 Å². The van der Waals surface area contributed by atoms with Gasteiger partial charge in [-0.25, -0.2) is 0 Å². The number of pyridine rings is 1. The summed E-state index contributed by atoms with van der Waals surface area (Å²) in [6.45, 7) is 4.24. The third-order valence-corrected chi connectivity index (χ3v) is 4.14. The number of fused-ring (bicyclic) bond motifs is 1. The number of anilines is 1. The van der Waals surface area contributed by atoms with Crippen molar-refractivity contribution in [3.8, 4) is 5.75 Å². The SMILES string of the molecule is COc1ccc2cc(NC(=O)[C@H](CC(C)C)n3cccc3)cnc2c1. The molecule has 5 nitrogen and oxygen atoms in total. The van der Waals surface area contributed by atoms with Crippen LogP contribution in [0.1, 0.15) is 26.3 Å². The number of ether oxygens (including phenoxy) is 1. The van der Waals surface area contributed by atoms with Gasteiger partial charge < -0.3 is 14.6 Å². The van der Waals surface area contributed by atoms with Crippen LogP contribution in [-0.4, -0.2) is 22.6 Å². The highest BCUT2D eigenvalue weighted by molar-refractivity contribution is 5.95. The number of hydrogen-bond donors (Lipinski definition) is 1. The summed E-state index contributed by atoms with van der Waals surface area (Å²) < 4.78 is 7.17. The summed E-state index contributed by atoms with van der Waals surface area (Å²) in [6, 6.07) is 11.3. The minimum Gasteiger partial charge on any atom is -0.497 e. The Kier molecular flexibility index (Phi) is 5.03. The third kappa shape index (κ3) is 3.99. The number of carbonyl (C=O) groups is 1. The molecular weight excluding hydrogens is 314 g/mol. The Morgan fingerprint density at radius 1 is 1.24 bits per heavy atom. The molecule has 25 heavy (non-hydrogen) atoms. The lowest BCUT2D eigenvalue weighted by Gasteiger charge is -2.20. The Morgan fingerprint density at radius 2 is 2.00 bits per heavy atom. The van der Waals surface area contributed by atoms with Crippen LogP contribution in [0.5, 0.6) is 5.75 Å². The first kappa shape index (κ1) is 17.0. The van der Waals surface area contributed by atoms with Crippen LogP contribution in [0, 0.1) is 5.92 Å². The van der Waals surface area contributed by atoms with Crippen LogP contribution in [0.15, 0.2) is 55.0 Å². The molecule has 0 bridgehead atoms. The normalized spacial score (nSPS) is 12.3. The lowest BCUT2D eigenvalue weighted by Crippen LogP contribution is -2.26. The summed E-state index contributed by atoms with van der Waals surface area (Å²) >= 11 is 0. The number of benzene rings is 1. The van der Waals surface area contributed by atoms with E-state index in [-0.39, 0.29) is 11.9 Å². The maximum absolute atomic E-state index is 12.8. The molecular formula is C20H23N3O2. The van der Waals surface area contributed by atoms with Gasteiger partial charge in [0.2, 0.25) is 5.91 Å². The molecule has 0 saturated carbocycles. The molecule has 5 heteroatoms. The molecule has 0 saturated heterocycles. The highest BCUT2D eigenvalue weighted by Gasteiger charge is 2.21. The van der Waals surface area contributed by atoms with Crippen molar-refractivity contribution in [1.82, 2.24) is 9.55 Å². The Balaban J connectivity index is 1.82. The summed E-state index contributed by atoms with van der Waals surface area (Å²) in [7, 11) is 1.63. The molecule has 3 aromatic rings. The van der Waals surface area contributed by atoms with Gasteiger partial charge in [0, 0.05) is 23.8 Å². The molecule has 1 atom stereocenters. The second-order valence-electron chi connectivity index (χ2n) is 6.55. The number of carbonyl (C=O) groups excluding carboxylic acids is 1. The lowest BCUT2D eigenvalue weighted by molar-refractivity contribution is -0.119. The van der Waals surface area contributed by atoms with Crippen LogP contribution in [0.25, 0.3) is 10.9 Å². The van der Waals surface area contributed by atoms with E-state index in [1.54, 1.807) is 13.3 Å². The number of nitrogens with one attached hydrogen (secondary N) is 1. The first-order chi connectivity index (χ1) is 12.1. The molecule has 0 aliphatic heterocycles. The number of methoxy groups -OCH3 is 1. The fourth-order valence-corrected chi connectivity index (χ4v) is 2.89. The van der Waals surface area contributed by atoms with Crippen molar-refractivity contribution in [3.05, 3.63) is 55.0 Å². The summed E-state index contributed by atoms with van der Waals surface area (Å²) in [5, 5.41) is 3.96. The van der Waals surface area contributed by atoms with E-state index in [0.29, 0.717) is 11.6 Å². The van der Waals surface area contributed by atoms with Crippen LogP contribution < -0.4 is 10.1 Å². The van der Waals surface area contributed by atoms with Crippen molar-refractivity contribution in [2.45, 2.75) is 26.3 Å². The molecule has 2 heterocycles. The minimum absolute atomic E-state index is 0.0282. The Morgan fingerprint density at radius 3 is 2.68 bits per heavy atom. The third-order valence-electron chi connectivity index (χ3n) is 4.14. The van der Waals surface area contributed by atoms with Gasteiger partial charge in [-0.15, -0.1) is 0 Å². The number of amides is 1. The highest BCUT2D eigenvalue weighted by atomic mass is 16.5. The van der Waals surface area contributed by atoms with E-state index in [1.807, 2.05) is 53.4 Å². The van der Waals surface area contributed by atoms with Gasteiger partial charge in [0.25, 0.3) is 0 Å². The Labute approximate surface area is 147 Å². The van der Waals surface area contributed by atoms with E-state index >= 15 is 0 Å². The summed E-state index contributed by atoms with van der Waals surface area (Å²) in [4.78, 5) is 17.2. The second-order valence-corrected chi connectivity index (χ2v) is 6.55. The van der Waals surface area contributed by atoms with Crippen molar-refractivity contribution in [2.24, 2.45) is 5.92 Å². The van der Waals surface area contributed by atoms with Crippen molar-refractivity contribution in [2.75, 3.05) is 12.4 Å². The van der Waals surface area contributed by atoms with E-state index in [4.69, 9.17) is 4.74 Å². The summed E-state index contributed by atoms with van der Waals surface area (Å²) in [6.07, 6.45) is 6.32. The fraction of sp³-hybridized carbons (Fsp3) is 0.300. The maximum atomic E-state index is 12.8. The first-order valence-corrected chi connectivity index (χ1v) is 8.44. The molecule has 1 aromatic carbocycles. The summed E-state index contributed by atoms with van der Waals surface area (Å²) in [5.74, 6) is 1.15. The predicted molar refractivity (Wildman–Crippen MR) is 99.8 cm³/mol. The average Bonchev–Trinajstić information content (AvgIpc) is 3.13. The molecule has 0 aliphatic carbocycles. The molecule has 3 rings (SSSR count). The molecule has 0 unspecified atom stereocenters. The molecule has 130 valence electrons. The average molecular weight is 337 g/mol. The standard InChI is InChI=1S/C20H23N3O2/c1-14(2)10-19(23-8-4-5-9-23)20(24)22-16-11-15-6-7-17(25-3)12-18(15)21-13-16/h4-9,11-14,19H,10H2,1-3H3,(H,22,24)/t19-/m0/s1. The Bertz CT molecular complexity index is 857. The van der Waals surface area contributed by atoms with Crippen molar-refractivity contribution >= 4 is 22.5 Å². The van der Waals surface area contributed by atoms with Crippen molar-refractivity contribution in [1.29, 1.82) is 0 Å². The largest absolute Gasteiger partial charge is 0.497 e. The smallest absolute Gasteiger partial charge is 0.247 e. The van der Waals surface area contributed by atoms with Gasteiger partial charge in [-0.05, 0) is 42.7 Å². The van der Waals surface area contributed by atoms with Gasteiger partial charge in [0.15, 0.2) is 0 Å². The van der Waals surface area contributed by atoms with Crippen LogP contribution in [0.4, 0.5) is 5.69 Å². The van der Waals surface area contributed by atoms with E-state index in [2.05, 4.69) is 24.1 Å². The quantitative estimate of drug-likeness (QED) is 0.731. The van der Waals surface area contributed by atoms with Gasteiger partial charge in [0.1, 0.15) is 11.8 Å². The monoisotopic (exact) mass is 337 g/mol.